The van der Waals surface area contributed by atoms with E-state index in [1.165, 1.54) is 0 Å². The van der Waals surface area contributed by atoms with E-state index in [-0.39, 0.29) is 12.5 Å². The van der Waals surface area contributed by atoms with E-state index in [0.717, 1.165) is 0 Å². The van der Waals surface area contributed by atoms with Crippen molar-refractivity contribution in [3.05, 3.63) is 46.4 Å². The van der Waals surface area contributed by atoms with E-state index in [4.69, 9.17) is 37.4 Å². The first-order valence-corrected chi connectivity index (χ1v) is 7.65. The highest BCUT2D eigenvalue weighted by Crippen LogP contribution is 2.32. The lowest BCUT2D eigenvalue weighted by Crippen LogP contribution is -2.20. The Bertz CT molecular complexity index is 736. The number of carbonyl (C=O) groups is 1. The van der Waals surface area contributed by atoms with Crippen molar-refractivity contribution < 1.29 is 19.0 Å². The summed E-state index contributed by atoms with van der Waals surface area (Å²) in [4.78, 5) is 11.9. The number of amides is 1. The van der Waals surface area contributed by atoms with Crippen molar-refractivity contribution in [1.29, 1.82) is 0 Å². The van der Waals surface area contributed by atoms with E-state index in [1.54, 1.807) is 36.4 Å². The van der Waals surface area contributed by atoms with E-state index in [0.29, 0.717) is 46.2 Å². The second-order valence-corrected chi connectivity index (χ2v) is 5.59. The third kappa shape index (κ3) is 4.00. The Kier molecular flexibility index (Phi) is 4.79. The number of carbonyl (C=O) groups excluding carboxylic acids is 1. The van der Waals surface area contributed by atoms with E-state index >= 15 is 0 Å². The molecule has 0 fully saturated rings. The topological polar surface area (TPSA) is 56.8 Å². The van der Waals surface area contributed by atoms with Gasteiger partial charge in [0, 0.05) is 17.8 Å². The van der Waals surface area contributed by atoms with Gasteiger partial charge in [-0.1, -0.05) is 23.2 Å². The maximum atomic E-state index is 11.9. The van der Waals surface area contributed by atoms with Crippen LogP contribution < -0.4 is 19.5 Å². The lowest BCUT2D eigenvalue weighted by molar-refractivity contribution is -0.118. The maximum absolute atomic E-state index is 11.9. The lowest BCUT2D eigenvalue weighted by Gasteiger charge is -2.19. The molecule has 0 aliphatic carbocycles. The molecule has 0 radical (unpaired) electrons. The summed E-state index contributed by atoms with van der Waals surface area (Å²) in [5, 5.41) is 3.53. The molecule has 1 aliphatic heterocycles. The number of hydrogen-bond donors (Lipinski definition) is 1. The van der Waals surface area contributed by atoms with E-state index in [1.807, 2.05) is 0 Å². The molecule has 0 atom stereocenters. The van der Waals surface area contributed by atoms with Crippen LogP contribution in [0.4, 0.5) is 5.69 Å². The van der Waals surface area contributed by atoms with Gasteiger partial charge in [-0.25, -0.2) is 0 Å². The van der Waals surface area contributed by atoms with Gasteiger partial charge in [0.05, 0.1) is 10.0 Å². The lowest BCUT2D eigenvalue weighted by atomic mass is 10.2. The number of fused-ring (bicyclic) bond motifs is 1. The molecule has 1 aliphatic rings. The Balaban J connectivity index is 1.57. The van der Waals surface area contributed by atoms with Crippen LogP contribution in [0.15, 0.2) is 36.4 Å². The Labute approximate surface area is 143 Å². The fraction of sp³-hybridized carbons (Fsp3) is 0.188. The number of anilines is 1. The van der Waals surface area contributed by atoms with E-state index in [9.17, 15) is 4.79 Å². The quantitative estimate of drug-likeness (QED) is 0.908. The molecule has 0 unspecified atom stereocenters. The molecule has 1 N–H and O–H groups in total. The van der Waals surface area contributed by atoms with Gasteiger partial charge >= 0.3 is 0 Å². The number of ether oxygens (including phenoxy) is 3. The molecule has 3 rings (SSSR count). The third-order valence-electron chi connectivity index (χ3n) is 3.09. The summed E-state index contributed by atoms with van der Waals surface area (Å²) in [6.45, 7) is 0.868. The number of hydrogen-bond acceptors (Lipinski definition) is 4. The number of rotatable bonds is 4. The zero-order valence-electron chi connectivity index (χ0n) is 12.0. The third-order valence-corrected chi connectivity index (χ3v) is 3.83. The highest BCUT2D eigenvalue weighted by Gasteiger charge is 2.13. The molecule has 0 bridgehead atoms. The van der Waals surface area contributed by atoms with Crippen LogP contribution in [0, 0.1) is 0 Å². The standard InChI is InChI=1S/C16H13Cl2NO4/c17-12-3-2-11(8-13(12)18)23-9-16(20)19-10-1-4-14-15(7-10)22-6-5-21-14/h1-4,7-8H,5-6,9H2,(H,19,20). The predicted octanol–water partition coefficient (Wildman–Crippen LogP) is 3.78. The summed E-state index contributed by atoms with van der Waals surface area (Å²) in [5.41, 5.74) is 0.608. The van der Waals surface area contributed by atoms with Gasteiger partial charge in [-0.3, -0.25) is 4.79 Å². The van der Waals surface area contributed by atoms with Gasteiger partial charge in [0.1, 0.15) is 19.0 Å². The fourth-order valence-electron chi connectivity index (χ4n) is 2.03. The highest BCUT2D eigenvalue weighted by atomic mass is 35.5. The van der Waals surface area contributed by atoms with Gasteiger partial charge in [-0.2, -0.15) is 0 Å². The summed E-state index contributed by atoms with van der Waals surface area (Å²) in [6, 6.07) is 10.0. The van der Waals surface area contributed by atoms with Crippen LogP contribution in [-0.2, 0) is 4.79 Å². The smallest absolute Gasteiger partial charge is 0.262 e. The molecule has 23 heavy (non-hydrogen) atoms. The van der Waals surface area contributed by atoms with Gasteiger partial charge in [-0.15, -0.1) is 0 Å². The van der Waals surface area contributed by atoms with Gasteiger partial charge < -0.3 is 19.5 Å². The highest BCUT2D eigenvalue weighted by molar-refractivity contribution is 6.42. The summed E-state index contributed by atoms with van der Waals surface area (Å²) in [7, 11) is 0. The minimum atomic E-state index is -0.298. The second-order valence-electron chi connectivity index (χ2n) is 4.77. The molecule has 1 heterocycles. The minimum absolute atomic E-state index is 0.146. The van der Waals surface area contributed by atoms with Crippen LogP contribution in [0.1, 0.15) is 0 Å². The van der Waals surface area contributed by atoms with Crippen molar-refractivity contribution in [3.63, 3.8) is 0 Å². The van der Waals surface area contributed by atoms with Crippen molar-refractivity contribution in [2.75, 3.05) is 25.1 Å². The molecule has 2 aromatic rings. The normalized spacial score (nSPS) is 12.6. The molecular formula is C16H13Cl2NO4. The maximum Gasteiger partial charge on any atom is 0.262 e. The molecule has 2 aromatic carbocycles. The average Bonchev–Trinajstić information content (AvgIpc) is 2.56. The van der Waals surface area contributed by atoms with Gasteiger partial charge in [0.2, 0.25) is 0 Å². The molecule has 120 valence electrons. The van der Waals surface area contributed by atoms with Crippen molar-refractivity contribution in [3.8, 4) is 17.2 Å². The van der Waals surface area contributed by atoms with Crippen LogP contribution in [-0.4, -0.2) is 25.7 Å². The summed E-state index contributed by atoms with van der Waals surface area (Å²) < 4.78 is 16.3. The second kappa shape index (κ2) is 6.98. The molecule has 5 nitrogen and oxygen atoms in total. The van der Waals surface area contributed by atoms with Crippen LogP contribution in [0.5, 0.6) is 17.2 Å². The minimum Gasteiger partial charge on any atom is -0.486 e. The molecule has 0 spiro atoms. The number of nitrogens with one attached hydrogen (secondary N) is 1. The van der Waals surface area contributed by atoms with Crippen LogP contribution >= 0.6 is 23.2 Å². The summed E-state index contributed by atoms with van der Waals surface area (Å²) in [6.07, 6.45) is 0. The fourth-order valence-corrected chi connectivity index (χ4v) is 2.32. The molecule has 1 amide bonds. The molecule has 7 heteroatoms. The Hall–Kier alpha value is -2.11. The SMILES string of the molecule is O=C(COc1ccc(Cl)c(Cl)c1)Nc1ccc2c(c1)OCCO2. The van der Waals surface area contributed by atoms with Crippen LogP contribution in [0.2, 0.25) is 10.0 Å². The van der Waals surface area contributed by atoms with Crippen LogP contribution in [0.3, 0.4) is 0 Å². The summed E-state index contributed by atoms with van der Waals surface area (Å²) >= 11 is 11.7. The average molecular weight is 354 g/mol. The Morgan fingerprint density at radius 3 is 2.61 bits per heavy atom. The van der Waals surface area contributed by atoms with Gasteiger partial charge in [0.15, 0.2) is 18.1 Å². The van der Waals surface area contributed by atoms with Crippen molar-refractivity contribution >= 4 is 34.8 Å². The Morgan fingerprint density at radius 2 is 1.83 bits per heavy atom. The first-order chi connectivity index (χ1) is 11.1. The molecule has 0 saturated heterocycles. The largest absolute Gasteiger partial charge is 0.486 e. The molecule has 0 saturated carbocycles. The van der Waals surface area contributed by atoms with Gasteiger partial charge in [0.25, 0.3) is 5.91 Å². The zero-order valence-corrected chi connectivity index (χ0v) is 13.5. The number of benzene rings is 2. The first-order valence-electron chi connectivity index (χ1n) is 6.89. The zero-order chi connectivity index (χ0) is 16.2. The van der Waals surface area contributed by atoms with Crippen molar-refractivity contribution in [2.45, 2.75) is 0 Å². The van der Waals surface area contributed by atoms with E-state index < -0.39 is 0 Å². The number of halogens is 2. The van der Waals surface area contributed by atoms with Crippen molar-refractivity contribution in [1.82, 2.24) is 0 Å². The predicted molar refractivity (Wildman–Crippen MR) is 88.0 cm³/mol. The van der Waals surface area contributed by atoms with Crippen molar-refractivity contribution in [2.24, 2.45) is 0 Å². The monoisotopic (exact) mass is 353 g/mol. The Morgan fingerprint density at radius 1 is 1.04 bits per heavy atom. The van der Waals surface area contributed by atoms with E-state index in [2.05, 4.69) is 5.32 Å². The summed E-state index contributed by atoms with van der Waals surface area (Å²) in [5.74, 6) is 1.45. The molecule has 0 aromatic heterocycles. The first kappa shape index (κ1) is 15.8. The van der Waals surface area contributed by atoms with Crippen LogP contribution in [0.25, 0.3) is 0 Å². The molecular weight excluding hydrogens is 341 g/mol. The van der Waals surface area contributed by atoms with Gasteiger partial charge in [-0.05, 0) is 24.3 Å².